The number of anilines is 1. The minimum Gasteiger partial charge on any atom is -0.392 e. The van der Waals surface area contributed by atoms with E-state index >= 15 is 0 Å². The fraction of sp³-hybridized carbons (Fsp3) is 0.300. The summed E-state index contributed by atoms with van der Waals surface area (Å²) in [5.41, 5.74) is 0.263. The Labute approximate surface area is 100 Å². The third-order valence-corrected chi connectivity index (χ3v) is 2.27. The van der Waals surface area contributed by atoms with E-state index in [0.717, 1.165) is 0 Å². The largest absolute Gasteiger partial charge is 0.397 e. The average molecular weight is 268 g/mol. The predicted octanol–water partition coefficient (Wildman–Crippen LogP) is 2.72. The fourth-order valence-corrected chi connectivity index (χ4v) is 1.45. The molecule has 0 saturated carbocycles. The average Bonchev–Trinajstić information content (AvgIpc) is 2.14. The molecule has 3 nitrogen and oxygen atoms in total. The number of alkyl halides is 3. The third kappa shape index (κ3) is 4.24. The minimum absolute atomic E-state index is 0.0780. The molecular formula is C10H9ClF3NO2. The van der Waals surface area contributed by atoms with Crippen molar-refractivity contribution in [3.8, 4) is 0 Å². The van der Waals surface area contributed by atoms with Crippen molar-refractivity contribution in [3.63, 3.8) is 0 Å². The minimum atomic E-state index is -4.57. The van der Waals surface area contributed by atoms with E-state index < -0.39 is 25.1 Å². The van der Waals surface area contributed by atoms with Crippen molar-refractivity contribution >= 4 is 23.2 Å². The molecule has 0 bridgehead atoms. The number of carbonyl (C=O) groups excluding carboxylic acids is 1. The molecule has 0 heterocycles. The second-order valence-corrected chi connectivity index (χ2v) is 3.67. The number of hydrogen-bond acceptors (Lipinski definition) is 2. The molecule has 1 aromatic rings. The monoisotopic (exact) mass is 267 g/mol. The summed E-state index contributed by atoms with van der Waals surface area (Å²) < 4.78 is 35.8. The van der Waals surface area contributed by atoms with E-state index in [-0.39, 0.29) is 16.3 Å². The van der Waals surface area contributed by atoms with Crippen molar-refractivity contribution in [2.45, 2.75) is 19.2 Å². The Bertz CT molecular complexity index is 421. The van der Waals surface area contributed by atoms with E-state index in [2.05, 4.69) is 5.32 Å². The zero-order valence-electron chi connectivity index (χ0n) is 8.51. The van der Waals surface area contributed by atoms with Gasteiger partial charge in [-0.15, -0.1) is 0 Å². The fourth-order valence-electron chi connectivity index (χ4n) is 1.21. The lowest BCUT2D eigenvalue weighted by Crippen LogP contribution is -2.21. The topological polar surface area (TPSA) is 49.3 Å². The van der Waals surface area contributed by atoms with Crippen molar-refractivity contribution in [2.75, 3.05) is 5.32 Å². The molecule has 0 aliphatic carbocycles. The van der Waals surface area contributed by atoms with Gasteiger partial charge in [-0.3, -0.25) is 4.79 Å². The molecule has 0 saturated heterocycles. The summed E-state index contributed by atoms with van der Waals surface area (Å²) >= 11 is 5.71. The Morgan fingerprint density at radius 3 is 2.59 bits per heavy atom. The highest BCUT2D eigenvalue weighted by molar-refractivity contribution is 6.31. The van der Waals surface area contributed by atoms with Gasteiger partial charge < -0.3 is 10.4 Å². The molecule has 0 atom stereocenters. The normalized spacial score (nSPS) is 11.4. The number of aliphatic hydroxyl groups is 1. The van der Waals surface area contributed by atoms with Gasteiger partial charge in [-0.05, 0) is 12.1 Å². The Hall–Kier alpha value is -1.27. The predicted molar refractivity (Wildman–Crippen MR) is 56.7 cm³/mol. The second-order valence-electron chi connectivity index (χ2n) is 3.26. The summed E-state index contributed by atoms with van der Waals surface area (Å²) in [5, 5.41) is 11.2. The molecule has 1 amide bonds. The maximum Gasteiger partial charge on any atom is 0.397 e. The summed E-state index contributed by atoms with van der Waals surface area (Å²) in [4.78, 5) is 11.1. The zero-order chi connectivity index (χ0) is 13.1. The lowest BCUT2D eigenvalue weighted by Gasteiger charge is -2.11. The summed E-state index contributed by atoms with van der Waals surface area (Å²) in [6, 6.07) is 4.29. The first-order chi connectivity index (χ1) is 7.83. The highest BCUT2D eigenvalue weighted by Crippen LogP contribution is 2.26. The first kappa shape index (κ1) is 13.8. The molecule has 94 valence electrons. The van der Waals surface area contributed by atoms with Gasteiger partial charge >= 0.3 is 6.18 Å². The number of carbonyl (C=O) groups is 1. The summed E-state index contributed by atoms with van der Waals surface area (Å²) in [5.74, 6) is -1.20. The van der Waals surface area contributed by atoms with Gasteiger partial charge in [-0.2, -0.15) is 13.2 Å². The van der Waals surface area contributed by atoms with E-state index in [0.29, 0.717) is 0 Å². The molecule has 2 N–H and O–H groups in total. The van der Waals surface area contributed by atoms with Gasteiger partial charge in [-0.1, -0.05) is 17.7 Å². The van der Waals surface area contributed by atoms with Crippen molar-refractivity contribution < 1.29 is 23.1 Å². The molecule has 7 heteroatoms. The molecule has 0 spiro atoms. The first-order valence-corrected chi connectivity index (χ1v) is 4.96. The number of benzene rings is 1. The van der Waals surface area contributed by atoms with Crippen molar-refractivity contribution in [1.82, 2.24) is 0 Å². The maximum atomic E-state index is 11.9. The molecule has 1 rings (SSSR count). The summed E-state index contributed by atoms with van der Waals surface area (Å²) in [6.45, 7) is -0.471. The number of halogens is 4. The molecule has 0 aliphatic rings. The van der Waals surface area contributed by atoms with Crippen LogP contribution in [0.15, 0.2) is 18.2 Å². The number of aliphatic hydroxyl groups excluding tert-OH is 1. The van der Waals surface area contributed by atoms with Gasteiger partial charge in [0.15, 0.2) is 0 Å². The van der Waals surface area contributed by atoms with Crippen LogP contribution in [-0.2, 0) is 11.4 Å². The van der Waals surface area contributed by atoms with Crippen LogP contribution < -0.4 is 5.32 Å². The highest BCUT2D eigenvalue weighted by Gasteiger charge is 2.31. The quantitative estimate of drug-likeness (QED) is 0.885. The molecule has 0 unspecified atom stereocenters. The Morgan fingerprint density at radius 1 is 1.41 bits per heavy atom. The Morgan fingerprint density at radius 2 is 2.06 bits per heavy atom. The lowest BCUT2D eigenvalue weighted by atomic mass is 10.2. The molecule has 17 heavy (non-hydrogen) atoms. The van der Waals surface area contributed by atoms with E-state index in [9.17, 15) is 18.0 Å². The van der Waals surface area contributed by atoms with Crippen LogP contribution in [0.5, 0.6) is 0 Å². The van der Waals surface area contributed by atoms with E-state index in [1.165, 1.54) is 18.2 Å². The Kier molecular flexibility index (Phi) is 4.36. The van der Waals surface area contributed by atoms with Gasteiger partial charge in [0.05, 0.1) is 6.61 Å². The number of amides is 1. The number of nitrogens with one attached hydrogen (secondary N) is 1. The van der Waals surface area contributed by atoms with Gasteiger partial charge in [-0.25, -0.2) is 0 Å². The van der Waals surface area contributed by atoms with Crippen LogP contribution in [0.4, 0.5) is 18.9 Å². The van der Waals surface area contributed by atoms with Crippen LogP contribution in [0.1, 0.15) is 12.0 Å². The highest BCUT2D eigenvalue weighted by atomic mass is 35.5. The van der Waals surface area contributed by atoms with E-state index in [1.807, 2.05) is 0 Å². The van der Waals surface area contributed by atoms with Gasteiger partial charge in [0, 0.05) is 16.3 Å². The van der Waals surface area contributed by atoms with Crippen molar-refractivity contribution in [2.24, 2.45) is 0 Å². The van der Waals surface area contributed by atoms with Gasteiger partial charge in [0.2, 0.25) is 5.91 Å². The van der Waals surface area contributed by atoms with Crippen molar-refractivity contribution in [1.29, 1.82) is 0 Å². The molecule has 0 aromatic heterocycles. The molecule has 0 aliphatic heterocycles. The smallest absolute Gasteiger partial charge is 0.392 e. The molecular weight excluding hydrogens is 259 g/mol. The van der Waals surface area contributed by atoms with Gasteiger partial charge in [0.1, 0.15) is 6.42 Å². The summed E-state index contributed by atoms with van der Waals surface area (Å²) in [6.07, 6.45) is -6.15. The van der Waals surface area contributed by atoms with E-state index in [1.54, 1.807) is 0 Å². The zero-order valence-corrected chi connectivity index (χ0v) is 9.27. The van der Waals surface area contributed by atoms with Crippen molar-refractivity contribution in [3.05, 3.63) is 28.8 Å². The van der Waals surface area contributed by atoms with Crippen LogP contribution in [0.25, 0.3) is 0 Å². The second kappa shape index (κ2) is 5.37. The molecule has 0 fully saturated rings. The van der Waals surface area contributed by atoms with Crippen LogP contribution in [0.3, 0.4) is 0 Å². The van der Waals surface area contributed by atoms with Crippen LogP contribution in [-0.4, -0.2) is 17.2 Å². The van der Waals surface area contributed by atoms with Gasteiger partial charge in [0.25, 0.3) is 0 Å². The van der Waals surface area contributed by atoms with Crippen LogP contribution >= 0.6 is 11.6 Å². The summed E-state index contributed by atoms with van der Waals surface area (Å²) in [7, 11) is 0. The standard InChI is InChI=1S/C10H9ClF3NO2/c11-7-2-1-3-8(6(7)5-16)15-9(17)4-10(12,13)14/h1-3,16H,4-5H2,(H,15,17). The lowest BCUT2D eigenvalue weighted by molar-refractivity contribution is -0.150. The Balaban J connectivity index is 2.82. The van der Waals surface area contributed by atoms with Crippen LogP contribution in [0.2, 0.25) is 5.02 Å². The first-order valence-electron chi connectivity index (χ1n) is 4.58. The van der Waals surface area contributed by atoms with Crippen LogP contribution in [0, 0.1) is 0 Å². The number of hydrogen-bond donors (Lipinski definition) is 2. The maximum absolute atomic E-state index is 11.9. The third-order valence-electron chi connectivity index (χ3n) is 1.91. The SMILES string of the molecule is O=C(CC(F)(F)F)Nc1cccc(Cl)c1CO. The molecule has 1 aromatic carbocycles. The van der Waals surface area contributed by atoms with E-state index in [4.69, 9.17) is 16.7 Å². The number of rotatable bonds is 3. The molecule has 0 radical (unpaired) electrons.